The number of pyridine rings is 1. The third kappa shape index (κ3) is 5.46. The highest BCUT2D eigenvalue weighted by Crippen LogP contribution is 2.42. The van der Waals surface area contributed by atoms with Gasteiger partial charge in [-0.3, -0.25) is 4.98 Å². The minimum Gasteiger partial charge on any atom is -0.357 e. The Morgan fingerprint density at radius 3 is 2.10 bits per heavy atom. The fraction of sp³-hybridized carbons (Fsp3) is 0.452. The molecule has 0 saturated heterocycles. The Hall–Kier alpha value is -2.84. The summed E-state index contributed by atoms with van der Waals surface area (Å²) in [5, 5.41) is 0.745. The summed E-state index contributed by atoms with van der Waals surface area (Å²) in [6.07, 6.45) is 8.55. The number of rotatable bonds is 7. The molecule has 0 amide bonds. The summed E-state index contributed by atoms with van der Waals surface area (Å²) in [6.45, 7) is 12.4. The molecule has 0 aliphatic heterocycles. The van der Waals surface area contributed by atoms with E-state index in [1.807, 2.05) is 52.0 Å². The molecule has 0 atom stereocenters. The van der Waals surface area contributed by atoms with Crippen LogP contribution in [0, 0.1) is 0 Å². The molecule has 0 fully saturated rings. The lowest BCUT2D eigenvalue weighted by atomic mass is 9.89. The summed E-state index contributed by atoms with van der Waals surface area (Å²) in [4.78, 5) is 16.0. The fourth-order valence-corrected chi connectivity index (χ4v) is 8.15. The van der Waals surface area contributed by atoms with Crippen LogP contribution in [0.1, 0.15) is 106 Å². The molecule has 0 unspecified atom stereocenters. The minimum atomic E-state index is -4.21. The molecule has 1 aliphatic carbocycles. The van der Waals surface area contributed by atoms with E-state index >= 15 is 0 Å². The maximum absolute atomic E-state index is 14.3. The molecule has 0 bridgehead atoms. The van der Waals surface area contributed by atoms with Gasteiger partial charge < -0.3 is 4.18 Å². The van der Waals surface area contributed by atoms with Crippen LogP contribution in [0.5, 0.6) is 5.88 Å². The number of benzene rings is 1. The van der Waals surface area contributed by atoms with Crippen molar-refractivity contribution in [3.8, 4) is 17.3 Å². The third-order valence-corrected chi connectivity index (χ3v) is 10.0. The standard InChI is InChI=1S/C31H37N3O3S2/c1-18(2)22-16-24(19(3)4)28(25(17-22)20(5)6)39(35,36)37-30-27-23-10-8-7-9-11-26(23)38-31(27)34-29(33-30)21-12-14-32-15-13-21/h12-20H,7-11H2,1-6H3. The summed E-state index contributed by atoms with van der Waals surface area (Å²) in [5.74, 6) is 0.858. The summed E-state index contributed by atoms with van der Waals surface area (Å²) < 4.78 is 34.7. The van der Waals surface area contributed by atoms with Crippen molar-refractivity contribution in [2.45, 2.75) is 96.3 Å². The van der Waals surface area contributed by atoms with Crippen molar-refractivity contribution < 1.29 is 12.6 Å². The summed E-state index contributed by atoms with van der Waals surface area (Å²) in [5.41, 5.74) is 4.61. The molecular formula is C31H37N3O3S2. The maximum atomic E-state index is 14.3. The van der Waals surface area contributed by atoms with Gasteiger partial charge in [-0.2, -0.15) is 13.4 Å². The first-order valence-electron chi connectivity index (χ1n) is 13.9. The summed E-state index contributed by atoms with van der Waals surface area (Å²) in [7, 11) is -4.21. The number of nitrogens with zero attached hydrogens (tertiary/aromatic N) is 3. The van der Waals surface area contributed by atoms with Crippen molar-refractivity contribution in [1.82, 2.24) is 15.0 Å². The van der Waals surface area contributed by atoms with Crippen LogP contribution in [0.3, 0.4) is 0 Å². The van der Waals surface area contributed by atoms with Crippen LogP contribution < -0.4 is 4.18 Å². The second-order valence-corrected chi connectivity index (χ2v) is 13.9. The van der Waals surface area contributed by atoms with Crippen LogP contribution in [0.4, 0.5) is 0 Å². The van der Waals surface area contributed by atoms with Gasteiger partial charge in [0.25, 0.3) is 0 Å². The smallest absolute Gasteiger partial charge is 0.341 e. The quantitative estimate of drug-likeness (QED) is 0.167. The van der Waals surface area contributed by atoms with Crippen molar-refractivity contribution >= 4 is 31.7 Å². The molecule has 4 aromatic rings. The molecule has 0 radical (unpaired) electrons. The fourth-order valence-electron chi connectivity index (χ4n) is 5.32. The zero-order valence-corrected chi connectivity index (χ0v) is 25.2. The Kier molecular flexibility index (Phi) is 7.80. The number of hydrogen-bond donors (Lipinski definition) is 0. The number of aromatic nitrogens is 3. The van der Waals surface area contributed by atoms with E-state index in [4.69, 9.17) is 14.2 Å². The van der Waals surface area contributed by atoms with Crippen LogP contribution in [0.25, 0.3) is 21.6 Å². The normalized spacial score (nSPS) is 14.3. The molecule has 3 heterocycles. The van der Waals surface area contributed by atoms with Gasteiger partial charge in [-0.05, 0) is 77.8 Å². The molecule has 1 aliphatic rings. The van der Waals surface area contributed by atoms with E-state index in [-0.39, 0.29) is 28.5 Å². The van der Waals surface area contributed by atoms with Crippen molar-refractivity contribution in [2.75, 3.05) is 0 Å². The monoisotopic (exact) mass is 563 g/mol. The molecule has 0 saturated carbocycles. The Balaban J connectivity index is 1.74. The zero-order valence-electron chi connectivity index (χ0n) is 23.6. The second-order valence-electron chi connectivity index (χ2n) is 11.4. The van der Waals surface area contributed by atoms with Gasteiger partial charge in [0.1, 0.15) is 9.73 Å². The molecule has 0 spiro atoms. The van der Waals surface area contributed by atoms with E-state index < -0.39 is 10.1 Å². The lowest BCUT2D eigenvalue weighted by Crippen LogP contribution is -2.18. The van der Waals surface area contributed by atoms with Crippen molar-refractivity contribution in [3.05, 3.63) is 63.8 Å². The number of fused-ring (bicyclic) bond motifs is 3. The van der Waals surface area contributed by atoms with Crippen molar-refractivity contribution in [1.29, 1.82) is 0 Å². The molecule has 3 aromatic heterocycles. The first kappa shape index (κ1) is 27.7. The number of aryl methyl sites for hydroxylation is 2. The molecule has 206 valence electrons. The van der Waals surface area contributed by atoms with Gasteiger partial charge in [-0.25, -0.2) is 4.98 Å². The minimum absolute atomic E-state index is 0.00444. The van der Waals surface area contributed by atoms with Gasteiger partial charge >= 0.3 is 10.1 Å². The topological polar surface area (TPSA) is 82.0 Å². The van der Waals surface area contributed by atoms with Crippen LogP contribution in [-0.2, 0) is 23.0 Å². The van der Waals surface area contributed by atoms with Gasteiger partial charge in [0.15, 0.2) is 5.82 Å². The maximum Gasteiger partial charge on any atom is 0.341 e. The molecule has 1 aromatic carbocycles. The first-order valence-corrected chi connectivity index (χ1v) is 16.1. The van der Waals surface area contributed by atoms with Gasteiger partial charge in [0.2, 0.25) is 5.88 Å². The first-order chi connectivity index (χ1) is 18.6. The molecular weight excluding hydrogens is 526 g/mol. The van der Waals surface area contributed by atoms with Crippen LogP contribution in [-0.4, -0.2) is 23.4 Å². The highest BCUT2D eigenvalue weighted by atomic mass is 32.2. The van der Waals surface area contributed by atoms with E-state index in [2.05, 4.69) is 18.8 Å². The van der Waals surface area contributed by atoms with Gasteiger partial charge in [0, 0.05) is 22.8 Å². The predicted octanol–water partition coefficient (Wildman–Crippen LogP) is 8.16. The van der Waals surface area contributed by atoms with Gasteiger partial charge in [-0.15, -0.1) is 11.3 Å². The van der Waals surface area contributed by atoms with Crippen LogP contribution >= 0.6 is 11.3 Å². The average Bonchev–Trinajstić information content (AvgIpc) is 3.09. The largest absolute Gasteiger partial charge is 0.357 e. The van der Waals surface area contributed by atoms with E-state index in [0.29, 0.717) is 5.82 Å². The number of thiophene rings is 1. The molecule has 5 rings (SSSR count). The lowest BCUT2D eigenvalue weighted by molar-refractivity contribution is 0.475. The van der Waals surface area contributed by atoms with Crippen LogP contribution in [0.15, 0.2) is 41.6 Å². The highest BCUT2D eigenvalue weighted by Gasteiger charge is 2.31. The lowest BCUT2D eigenvalue weighted by Gasteiger charge is -2.22. The van der Waals surface area contributed by atoms with E-state index in [1.165, 1.54) is 4.88 Å². The van der Waals surface area contributed by atoms with E-state index in [0.717, 1.165) is 70.1 Å². The van der Waals surface area contributed by atoms with Crippen molar-refractivity contribution in [2.24, 2.45) is 0 Å². The molecule has 0 N–H and O–H groups in total. The average molecular weight is 564 g/mol. The van der Waals surface area contributed by atoms with E-state index in [1.54, 1.807) is 23.7 Å². The Morgan fingerprint density at radius 2 is 1.49 bits per heavy atom. The van der Waals surface area contributed by atoms with Gasteiger partial charge in [0.05, 0.1) is 5.39 Å². The molecule has 8 heteroatoms. The Bertz CT molecular complexity index is 1580. The van der Waals surface area contributed by atoms with Crippen molar-refractivity contribution in [3.63, 3.8) is 0 Å². The predicted molar refractivity (Wildman–Crippen MR) is 158 cm³/mol. The Labute approximate surface area is 236 Å². The molecule has 6 nitrogen and oxygen atoms in total. The third-order valence-electron chi connectivity index (χ3n) is 7.49. The number of hydrogen-bond acceptors (Lipinski definition) is 7. The van der Waals surface area contributed by atoms with E-state index in [9.17, 15) is 8.42 Å². The Morgan fingerprint density at radius 1 is 0.846 bits per heavy atom. The highest BCUT2D eigenvalue weighted by molar-refractivity contribution is 7.87. The molecule has 39 heavy (non-hydrogen) atoms. The second kappa shape index (κ2) is 11.0. The van der Waals surface area contributed by atoms with Gasteiger partial charge in [-0.1, -0.05) is 60.1 Å². The zero-order chi connectivity index (χ0) is 27.9. The summed E-state index contributed by atoms with van der Waals surface area (Å²) >= 11 is 1.64. The summed E-state index contributed by atoms with van der Waals surface area (Å²) in [6, 6.07) is 7.73. The SMILES string of the molecule is CC(C)c1cc(C(C)C)c(S(=O)(=O)Oc2nc(-c3ccncc3)nc3sc4c(c23)CCCCC4)c(C(C)C)c1. The van der Waals surface area contributed by atoms with Crippen LogP contribution in [0.2, 0.25) is 0 Å².